The van der Waals surface area contributed by atoms with Gasteiger partial charge in [-0.05, 0) is 35.6 Å². The number of nitrogens with zero attached hydrogens (tertiary/aromatic N) is 1. The Kier molecular flexibility index (Phi) is 4.12. The normalized spacial score (nSPS) is 11.9. The van der Waals surface area contributed by atoms with Gasteiger partial charge in [-0.25, -0.2) is 4.98 Å². The molecule has 0 saturated heterocycles. The maximum Gasteiger partial charge on any atom is 0.257 e. The fourth-order valence-corrected chi connectivity index (χ4v) is 4.51. The minimum atomic E-state index is -0.108. The van der Waals surface area contributed by atoms with Gasteiger partial charge >= 0.3 is 0 Å². The van der Waals surface area contributed by atoms with Crippen molar-refractivity contribution in [1.82, 2.24) is 4.98 Å². The Balaban J connectivity index is 1.52. The molecule has 0 aliphatic heterocycles. The number of carbonyl (C=O) groups is 1. The van der Waals surface area contributed by atoms with Gasteiger partial charge in [0.15, 0.2) is 5.13 Å². The molecule has 5 heteroatoms. The molecule has 0 unspecified atom stereocenters. The van der Waals surface area contributed by atoms with Crippen molar-refractivity contribution in [1.29, 1.82) is 0 Å². The molecule has 0 radical (unpaired) electrons. The van der Waals surface area contributed by atoms with Crippen LogP contribution in [0.2, 0.25) is 0 Å². The molecule has 3 aromatic rings. The Bertz CT molecular complexity index is 900. The molecular weight excluding hydrogens is 336 g/mol. The van der Waals surface area contributed by atoms with Crippen molar-refractivity contribution in [2.24, 2.45) is 0 Å². The first kappa shape index (κ1) is 15.4. The van der Waals surface area contributed by atoms with Crippen molar-refractivity contribution in [3.8, 4) is 11.3 Å². The Morgan fingerprint density at radius 3 is 2.79 bits per heavy atom. The first-order valence-corrected chi connectivity index (χ1v) is 9.67. The van der Waals surface area contributed by atoms with E-state index >= 15 is 0 Å². The summed E-state index contributed by atoms with van der Waals surface area (Å²) in [6.45, 7) is 2.12. The molecule has 1 N–H and O–H groups in total. The number of hydrogen-bond donors (Lipinski definition) is 1. The van der Waals surface area contributed by atoms with Crippen LogP contribution in [-0.4, -0.2) is 16.6 Å². The number of amides is 1. The van der Waals surface area contributed by atoms with Gasteiger partial charge in [0.05, 0.1) is 5.69 Å². The number of anilines is 1. The number of thiazole rings is 1. The molecule has 0 bridgehead atoms. The second-order valence-corrected chi connectivity index (χ2v) is 7.96. The van der Waals surface area contributed by atoms with Crippen LogP contribution in [0.25, 0.3) is 11.3 Å². The van der Waals surface area contributed by atoms with Gasteiger partial charge in [0.1, 0.15) is 0 Å². The molecule has 1 heterocycles. The fraction of sp³-hybridized carbons (Fsp3) is 0.158. The number of nitrogens with one attached hydrogen (secondary N) is 1. The zero-order chi connectivity index (χ0) is 16.5. The maximum absolute atomic E-state index is 12.4. The van der Waals surface area contributed by atoms with Crippen molar-refractivity contribution in [2.75, 3.05) is 11.1 Å². The number of fused-ring (bicyclic) bond motifs is 3. The summed E-state index contributed by atoms with van der Waals surface area (Å²) in [5.41, 5.74) is 4.17. The van der Waals surface area contributed by atoms with Crippen LogP contribution in [0.15, 0.2) is 53.4 Å². The van der Waals surface area contributed by atoms with E-state index in [0.717, 1.165) is 17.9 Å². The summed E-state index contributed by atoms with van der Waals surface area (Å²) in [7, 11) is 0. The topological polar surface area (TPSA) is 42.0 Å². The minimum Gasteiger partial charge on any atom is -0.298 e. The predicted octanol–water partition coefficient (Wildman–Crippen LogP) is 5.08. The van der Waals surface area contributed by atoms with Crippen LogP contribution < -0.4 is 5.32 Å². The van der Waals surface area contributed by atoms with Crippen molar-refractivity contribution < 1.29 is 4.79 Å². The number of carbonyl (C=O) groups excluding carboxylic acids is 1. The lowest BCUT2D eigenvalue weighted by Crippen LogP contribution is -2.11. The maximum atomic E-state index is 12.4. The van der Waals surface area contributed by atoms with Crippen LogP contribution in [0.1, 0.15) is 27.7 Å². The van der Waals surface area contributed by atoms with E-state index in [1.165, 1.54) is 20.9 Å². The summed E-state index contributed by atoms with van der Waals surface area (Å²) in [6.07, 6.45) is 0.905. The van der Waals surface area contributed by atoms with Crippen molar-refractivity contribution in [3.63, 3.8) is 0 Å². The fourth-order valence-electron chi connectivity index (χ4n) is 2.85. The van der Waals surface area contributed by atoms with E-state index in [1.54, 1.807) is 23.1 Å². The average molecular weight is 352 g/mol. The SMILES string of the molecule is CCSc1ccc(C(=O)Nc2nc3c(s2)Cc2ccccc2-3)cc1. The van der Waals surface area contributed by atoms with Crippen molar-refractivity contribution in [3.05, 3.63) is 64.5 Å². The van der Waals surface area contributed by atoms with Gasteiger partial charge in [-0.1, -0.05) is 31.2 Å². The van der Waals surface area contributed by atoms with E-state index in [1.807, 2.05) is 30.3 Å². The molecule has 24 heavy (non-hydrogen) atoms. The molecule has 120 valence electrons. The van der Waals surface area contributed by atoms with Gasteiger partial charge in [0.25, 0.3) is 5.91 Å². The van der Waals surface area contributed by atoms with Crippen LogP contribution in [0, 0.1) is 0 Å². The first-order valence-electron chi connectivity index (χ1n) is 7.87. The zero-order valence-electron chi connectivity index (χ0n) is 13.2. The predicted molar refractivity (Wildman–Crippen MR) is 101 cm³/mol. The van der Waals surface area contributed by atoms with Crippen LogP contribution in [-0.2, 0) is 6.42 Å². The molecule has 1 amide bonds. The highest BCUT2D eigenvalue weighted by atomic mass is 32.2. The van der Waals surface area contributed by atoms with Gasteiger partial charge in [-0.3, -0.25) is 10.1 Å². The van der Waals surface area contributed by atoms with Crippen molar-refractivity contribution in [2.45, 2.75) is 18.2 Å². The number of hydrogen-bond acceptors (Lipinski definition) is 4. The minimum absolute atomic E-state index is 0.108. The largest absolute Gasteiger partial charge is 0.298 e. The molecule has 0 saturated carbocycles. The van der Waals surface area contributed by atoms with Crippen LogP contribution in [0.3, 0.4) is 0 Å². The lowest BCUT2D eigenvalue weighted by Gasteiger charge is -2.04. The highest BCUT2D eigenvalue weighted by Gasteiger charge is 2.23. The number of benzene rings is 2. The van der Waals surface area contributed by atoms with E-state index in [4.69, 9.17) is 0 Å². The summed E-state index contributed by atoms with van der Waals surface area (Å²) in [5.74, 6) is 0.918. The smallest absolute Gasteiger partial charge is 0.257 e. The molecule has 3 nitrogen and oxygen atoms in total. The van der Waals surface area contributed by atoms with Gasteiger partial charge in [-0.2, -0.15) is 0 Å². The van der Waals surface area contributed by atoms with Crippen molar-refractivity contribution >= 4 is 34.1 Å². The summed E-state index contributed by atoms with van der Waals surface area (Å²) in [5, 5.41) is 3.60. The van der Waals surface area contributed by atoms with Gasteiger partial charge in [0.2, 0.25) is 0 Å². The Labute approximate surface area is 149 Å². The molecule has 0 atom stereocenters. The van der Waals surface area contributed by atoms with E-state index in [0.29, 0.717) is 10.7 Å². The summed E-state index contributed by atoms with van der Waals surface area (Å²) in [4.78, 5) is 19.4. The molecule has 1 aromatic heterocycles. The third-order valence-corrected chi connectivity index (χ3v) is 5.83. The Hall–Kier alpha value is -2.11. The third kappa shape index (κ3) is 2.85. The van der Waals surface area contributed by atoms with Crippen LogP contribution in [0.5, 0.6) is 0 Å². The molecule has 0 spiro atoms. The Morgan fingerprint density at radius 1 is 1.21 bits per heavy atom. The monoisotopic (exact) mass is 352 g/mol. The standard InChI is InChI=1S/C19H16N2OS2/c1-2-23-14-9-7-12(8-10-14)18(22)21-19-20-17-15-6-4-3-5-13(15)11-16(17)24-19/h3-10H,2,11H2,1H3,(H,20,21,22). The second-order valence-electron chi connectivity index (χ2n) is 5.54. The molecule has 1 aliphatic rings. The molecule has 2 aromatic carbocycles. The molecule has 1 aliphatic carbocycles. The second kappa shape index (κ2) is 6.42. The van der Waals surface area contributed by atoms with Gasteiger partial charge in [-0.15, -0.1) is 23.1 Å². The van der Waals surface area contributed by atoms with E-state index in [2.05, 4.69) is 35.4 Å². The molecular formula is C19H16N2OS2. The van der Waals surface area contributed by atoms with E-state index in [9.17, 15) is 4.79 Å². The van der Waals surface area contributed by atoms with Gasteiger partial charge in [0, 0.05) is 27.3 Å². The lowest BCUT2D eigenvalue weighted by atomic mass is 10.1. The summed E-state index contributed by atoms with van der Waals surface area (Å²) < 4.78 is 0. The molecule has 0 fully saturated rings. The quantitative estimate of drug-likeness (QED) is 0.521. The number of aromatic nitrogens is 1. The summed E-state index contributed by atoms with van der Waals surface area (Å²) >= 11 is 3.33. The Morgan fingerprint density at radius 2 is 2.00 bits per heavy atom. The average Bonchev–Trinajstić information content (AvgIpc) is 3.13. The van der Waals surface area contributed by atoms with Gasteiger partial charge < -0.3 is 0 Å². The molecule has 4 rings (SSSR count). The van der Waals surface area contributed by atoms with E-state index < -0.39 is 0 Å². The lowest BCUT2D eigenvalue weighted by molar-refractivity contribution is 0.102. The highest BCUT2D eigenvalue weighted by Crippen LogP contribution is 2.40. The third-order valence-electron chi connectivity index (χ3n) is 3.97. The van der Waals surface area contributed by atoms with E-state index in [-0.39, 0.29) is 5.91 Å². The number of rotatable bonds is 4. The zero-order valence-corrected chi connectivity index (χ0v) is 14.8. The summed E-state index contributed by atoms with van der Waals surface area (Å²) in [6, 6.07) is 16.0. The van der Waals surface area contributed by atoms with Crippen LogP contribution >= 0.6 is 23.1 Å². The van der Waals surface area contributed by atoms with Crippen LogP contribution in [0.4, 0.5) is 5.13 Å². The first-order chi connectivity index (χ1) is 11.7. The highest BCUT2D eigenvalue weighted by molar-refractivity contribution is 7.99. The number of thioether (sulfide) groups is 1.